The summed E-state index contributed by atoms with van der Waals surface area (Å²) in [6.45, 7) is 2.34. The first-order chi connectivity index (χ1) is 7.33. The molecule has 0 bridgehead atoms. The number of hydrogen-bond donors (Lipinski definition) is 2. The first-order valence-electron chi connectivity index (χ1n) is 5.01. The van der Waals surface area contributed by atoms with Gasteiger partial charge in [0, 0.05) is 12.7 Å². The molecule has 1 heterocycles. The molecule has 0 radical (unpaired) electrons. The van der Waals surface area contributed by atoms with Crippen LogP contribution >= 0.6 is 0 Å². The summed E-state index contributed by atoms with van der Waals surface area (Å²) < 4.78 is 0. The minimum Gasteiger partial charge on any atom is -0.345 e. The van der Waals surface area contributed by atoms with E-state index < -0.39 is 0 Å². The number of carbonyl (C=O) groups is 1. The summed E-state index contributed by atoms with van der Waals surface area (Å²) in [5.41, 5.74) is 1.20. The van der Waals surface area contributed by atoms with Crippen molar-refractivity contribution in [2.45, 2.75) is 26.2 Å². The third-order valence-electron chi connectivity index (χ3n) is 1.97. The van der Waals surface area contributed by atoms with Gasteiger partial charge in [0.25, 0.3) is 5.91 Å². The lowest BCUT2D eigenvalue weighted by molar-refractivity contribution is -0.115. The Hall–Kier alpha value is -1.76. The van der Waals surface area contributed by atoms with Gasteiger partial charge in [-0.2, -0.15) is 5.10 Å². The molecular weight excluding hydrogens is 190 g/mol. The van der Waals surface area contributed by atoms with E-state index in [0.717, 1.165) is 19.3 Å². The van der Waals surface area contributed by atoms with Crippen LogP contribution in [0.2, 0.25) is 0 Å². The largest absolute Gasteiger partial charge is 0.345 e. The minimum atomic E-state index is -0.194. The van der Waals surface area contributed by atoms with Gasteiger partial charge < -0.3 is 5.32 Å². The van der Waals surface area contributed by atoms with Gasteiger partial charge in [-0.1, -0.05) is 5.92 Å². The molecule has 0 aliphatic carbocycles. The highest BCUT2D eigenvalue weighted by Gasteiger charge is 1.96. The van der Waals surface area contributed by atoms with Gasteiger partial charge in [0.2, 0.25) is 0 Å². The Morgan fingerprint density at radius 1 is 1.60 bits per heavy atom. The predicted octanol–water partition coefficient (Wildman–Crippen LogP) is 0.872. The third-order valence-corrected chi connectivity index (χ3v) is 1.97. The van der Waals surface area contributed by atoms with Crippen molar-refractivity contribution in [3.63, 3.8) is 0 Å². The molecule has 1 aromatic heterocycles. The number of unbranched alkanes of at least 4 members (excludes halogenated alkanes) is 1. The lowest BCUT2D eigenvalue weighted by atomic mass is 10.1. The number of carbonyl (C=O) groups excluding carboxylic acids is 1. The first kappa shape index (κ1) is 11.3. The summed E-state index contributed by atoms with van der Waals surface area (Å²) in [6, 6.07) is 0. The number of aryl methyl sites for hydroxylation is 1. The van der Waals surface area contributed by atoms with Gasteiger partial charge in [-0.25, -0.2) is 0 Å². The standard InChI is InChI=1S/C11H15N3O/c1-2-5-11(15)12-7-4-3-6-10-8-13-14-9-10/h8-9H,3-4,6-7H2,1H3,(H,12,15)(H,13,14). The quantitative estimate of drug-likeness (QED) is 0.553. The topological polar surface area (TPSA) is 57.8 Å². The average Bonchev–Trinajstić information content (AvgIpc) is 2.70. The van der Waals surface area contributed by atoms with E-state index in [1.165, 1.54) is 5.56 Å². The fourth-order valence-corrected chi connectivity index (χ4v) is 1.23. The van der Waals surface area contributed by atoms with Crippen molar-refractivity contribution in [3.8, 4) is 11.8 Å². The molecule has 1 aromatic rings. The Bertz CT molecular complexity index is 346. The van der Waals surface area contributed by atoms with Gasteiger partial charge in [-0.3, -0.25) is 9.89 Å². The van der Waals surface area contributed by atoms with Gasteiger partial charge in [0.15, 0.2) is 0 Å². The van der Waals surface area contributed by atoms with Crippen molar-refractivity contribution >= 4 is 5.91 Å². The van der Waals surface area contributed by atoms with Crippen LogP contribution in [0.1, 0.15) is 25.3 Å². The molecule has 4 nitrogen and oxygen atoms in total. The normalized spacial score (nSPS) is 9.13. The molecule has 0 spiro atoms. The Morgan fingerprint density at radius 3 is 3.13 bits per heavy atom. The zero-order valence-electron chi connectivity index (χ0n) is 8.84. The molecule has 0 unspecified atom stereocenters. The van der Waals surface area contributed by atoms with Gasteiger partial charge >= 0.3 is 0 Å². The lowest BCUT2D eigenvalue weighted by Gasteiger charge is -1.99. The van der Waals surface area contributed by atoms with Crippen LogP contribution in [0.5, 0.6) is 0 Å². The van der Waals surface area contributed by atoms with Crippen molar-refractivity contribution in [3.05, 3.63) is 18.0 Å². The summed E-state index contributed by atoms with van der Waals surface area (Å²) in [4.78, 5) is 10.9. The monoisotopic (exact) mass is 205 g/mol. The Kier molecular flexibility index (Phi) is 5.02. The molecule has 1 rings (SSSR count). The fraction of sp³-hybridized carbons (Fsp3) is 0.455. The summed E-state index contributed by atoms with van der Waals surface area (Å²) in [5.74, 6) is 4.80. The number of amides is 1. The number of rotatable bonds is 5. The second-order valence-corrected chi connectivity index (χ2v) is 3.19. The molecule has 0 aromatic carbocycles. The second-order valence-electron chi connectivity index (χ2n) is 3.19. The summed E-state index contributed by atoms with van der Waals surface area (Å²) >= 11 is 0. The van der Waals surface area contributed by atoms with Gasteiger partial charge in [-0.05, 0) is 37.7 Å². The van der Waals surface area contributed by atoms with Crippen LogP contribution < -0.4 is 5.32 Å². The van der Waals surface area contributed by atoms with Gasteiger partial charge in [0.05, 0.1) is 6.20 Å². The van der Waals surface area contributed by atoms with Crippen molar-refractivity contribution in [2.24, 2.45) is 0 Å². The van der Waals surface area contributed by atoms with Crippen LogP contribution in [0.4, 0.5) is 0 Å². The van der Waals surface area contributed by atoms with Crippen molar-refractivity contribution in [1.82, 2.24) is 15.5 Å². The highest BCUT2D eigenvalue weighted by atomic mass is 16.1. The number of H-pyrrole nitrogens is 1. The average molecular weight is 205 g/mol. The van der Waals surface area contributed by atoms with E-state index in [4.69, 9.17) is 0 Å². The smallest absolute Gasteiger partial charge is 0.295 e. The zero-order valence-corrected chi connectivity index (χ0v) is 8.84. The minimum absolute atomic E-state index is 0.194. The molecule has 0 aliphatic rings. The Balaban J connectivity index is 2.02. The van der Waals surface area contributed by atoms with Crippen LogP contribution in [0.3, 0.4) is 0 Å². The lowest BCUT2D eigenvalue weighted by Crippen LogP contribution is -2.22. The molecule has 80 valence electrons. The molecular formula is C11H15N3O. The predicted molar refractivity (Wildman–Crippen MR) is 58.0 cm³/mol. The Labute approximate surface area is 89.5 Å². The molecule has 0 saturated heterocycles. The molecule has 1 amide bonds. The molecule has 0 aliphatic heterocycles. The summed E-state index contributed by atoms with van der Waals surface area (Å²) in [5, 5.41) is 9.36. The molecule has 0 atom stereocenters. The van der Waals surface area contributed by atoms with E-state index in [9.17, 15) is 4.79 Å². The van der Waals surface area contributed by atoms with E-state index in [-0.39, 0.29) is 5.91 Å². The van der Waals surface area contributed by atoms with Gasteiger partial charge in [-0.15, -0.1) is 0 Å². The van der Waals surface area contributed by atoms with E-state index in [1.54, 1.807) is 6.92 Å². The van der Waals surface area contributed by atoms with Crippen molar-refractivity contribution in [2.75, 3.05) is 6.54 Å². The van der Waals surface area contributed by atoms with Crippen molar-refractivity contribution in [1.29, 1.82) is 0 Å². The molecule has 0 saturated carbocycles. The van der Waals surface area contributed by atoms with Crippen LogP contribution in [0.15, 0.2) is 12.4 Å². The third kappa shape index (κ3) is 4.87. The zero-order chi connectivity index (χ0) is 10.9. The van der Waals surface area contributed by atoms with Crippen LogP contribution in [0, 0.1) is 11.8 Å². The number of nitrogens with zero attached hydrogens (tertiary/aromatic N) is 1. The summed E-state index contributed by atoms with van der Waals surface area (Å²) in [6.07, 6.45) is 6.70. The number of aromatic amines is 1. The van der Waals surface area contributed by atoms with E-state index in [2.05, 4.69) is 27.4 Å². The van der Waals surface area contributed by atoms with Crippen LogP contribution in [-0.2, 0) is 11.2 Å². The van der Waals surface area contributed by atoms with Crippen LogP contribution in [0.25, 0.3) is 0 Å². The second kappa shape index (κ2) is 6.66. The number of aromatic nitrogens is 2. The molecule has 4 heteroatoms. The maximum atomic E-state index is 10.9. The highest BCUT2D eigenvalue weighted by Crippen LogP contribution is 2.00. The highest BCUT2D eigenvalue weighted by molar-refractivity contribution is 5.93. The van der Waals surface area contributed by atoms with E-state index in [0.29, 0.717) is 6.54 Å². The number of hydrogen-bond acceptors (Lipinski definition) is 2. The first-order valence-corrected chi connectivity index (χ1v) is 5.01. The Morgan fingerprint density at radius 2 is 2.47 bits per heavy atom. The molecule has 0 fully saturated rings. The van der Waals surface area contributed by atoms with E-state index in [1.807, 2.05) is 12.4 Å². The van der Waals surface area contributed by atoms with Crippen LogP contribution in [-0.4, -0.2) is 22.6 Å². The maximum Gasteiger partial charge on any atom is 0.295 e. The SMILES string of the molecule is CC#CC(=O)NCCCCc1cn[nH]c1. The van der Waals surface area contributed by atoms with E-state index >= 15 is 0 Å². The van der Waals surface area contributed by atoms with Gasteiger partial charge in [0.1, 0.15) is 0 Å². The van der Waals surface area contributed by atoms with Crippen molar-refractivity contribution < 1.29 is 4.79 Å². The molecule has 2 N–H and O–H groups in total. The maximum absolute atomic E-state index is 10.9. The number of nitrogens with one attached hydrogen (secondary N) is 2. The molecule has 15 heavy (non-hydrogen) atoms. The summed E-state index contributed by atoms with van der Waals surface area (Å²) in [7, 11) is 0. The fourth-order valence-electron chi connectivity index (χ4n) is 1.23.